The number of benzene rings is 1. The van der Waals surface area contributed by atoms with Gasteiger partial charge in [-0.3, -0.25) is 0 Å². The number of aromatic hydroxyl groups is 1. The van der Waals surface area contributed by atoms with Gasteiger partial charge in [0.2, 0.25) is 0 Å². The van der Waals surface area contributed by atoms with E-state index in [1.807, 2.05) is 0 Å². The van der Waals surface area contributed by atoms with Gasteiger partial charge in [-0.2, -0.15) is 0 Å². The Labute approximate surface area is 87.5 Å². The number of phenols is 1. The first-order chi connectivity index (χ1) is 5.83. The minimum Gasteiger partial charge on any atom is -0.508 e. The summed E-state index contributed by atoms with van der Waals surface area (Å²) in [4.78, 5) is 0. The van der Waals surface area contributed by atoms with Crippen molar-refractivity contribution in [2.75, 3.05) is 6.61 Å². The topological polar surface area (TPSA) is 29.5 Å². The molecule has 0 saturated carbocycles. The van der Waals surface area contributed by atoms with E-state index in [-0.39, 0.29) is 20.6 Å². The van der Waals surface area contributed by atoms with Gasteiger partial charge < -0.3 is 9.84 Å². The van der Waals surface area contributed by atoms with Crippen LogP contribution in [-0.4, -0.2) is 11.7 Å². The molecule has 2 nitrogen and oxygen atoms in total. The third kappa shape index (κ3) is 5.46. The molecule has 82 valence electrons. The van der Waals surface area contributed by atoms with Crippen molar-refractivity contribution in [3.63, 3.8) is 0 Å². The summed E-state index contributed by atoms with van der Waals surface area (Å²) >= 11 is 0. The molecule has 0 spiro atoms. The molecule has 2 heteroatoms. The largest absolute Gasteiger partial charge is 0.508 e. The van der Waals surface area contributed by atoms with Crippen LogP contribution >= 0.6 is 0 Å². The average molecular weight is 198 g/mol. The number of unbranched alkanes of at least 4 members (excludes halogenated alkanes) is 1. The van der Waals surface area contributed by atoms with Crippen LogP contribution in [0.4, 0.5) is 0 Å². The lowest BCUT2D eigenvalue weighted by molar-refractivity contribution is 0.309. The van der Waals surface area contributed by atoms with Crippen LogP contribution in [0.2, 0.25) is 0 Å². The predicted octanol–water partition coefficient (Wildman–Crippen LogP) is 3.84. The summed E-state index contributed by atoms with van der Waals surface area (Å²) in [6, 6.07) is 6.79. The minimum absolute atomic E-state index is 0. The van der Waals surface area contributed by atoms with E-state index >= 15 is 0 Å². The quantitative estimate of drug-likeness (QED) is 0.745. The fourth-order valence-electron chi connectivity index (χ4n) is 0.877. The second kappa shape index (κ2) is 8.42. The molecule has 0 fully saturated rings. The Balaban J connectivity index is 0. The number of phenolic OH excluding ortho intramolecular Hbond substituents is 1. The van der Waals surface area contributed by atoms with E-state index in [1.165, 1.54) is 0 Å². The molecule has 0 radical (unpaired) electrons. The van der Waals surface area contributed by atoms with Crippen molar-refractivity contribution in [3.8, 4) is 11.5 Å². The summed E-state index contributed by atoms with van der Waals surface area (Å²) in [5, 5.41) is 8.97. The molecule has 1 aromatic rings. The van der Waals surface area contributed by atoms with Gasteiger partial charge in [0.25, 0.3) is 0 Å². The van der Waals surface area contributed by atoms with Gasteiger partial charge >= 0.3 is 0 Å². The van der Waals surface area contributed by atoms with Crippen molar-refractivity contribution >= 4 is 0 Å². The van der Waals surface area contributed by atoms with Gasteiger partial charge in [0.1, 0.15) is 11.5 Å². The molecule has 0 saturated heterocycles. The van der Waals surface area contributed by atoms with Gasteiger partial charge in [-0.05, 0) is 30.7 Å². The van der Waals surface area contributed by atoms with Crippen LogP contribution < -0.4 is 4.74 Å². The van der Waals surface area contributed by atoms with Crippen LogP contribution in [-0.2, 0) is 0 Å². The number of ether oxygens (including phenoxy) is 1. The molecule has 0 amide bonds. The molecule has 0 aliphatic carbocycles. The first-order valence-corrected chi connectivity index (χ1v) is 4.24. The molecule has 1 aromatic carbocycles. The Hall–Kier alpha value is -1.18. The molecule has 0 heterocycles. The van der Waals surface area contributed by atoms with Crippen LogP contribution in [0.15, 0.2) is 24.3 Å². The van der Waals surface area contributed by atoms with Crippen molar-refractivity contribution in [1.29, 1.82) is 0 Å². The van der Waals surface area contributed by atoms with Crippen LogP contribution in [0.25, 0.3) is 0 Å². The molecular formula is C12H22O2. The smallest absolute Gasteiger partial charge is 0.119 e. The fraction of sp³-hybridized carbons (Fsp3) is 0.500. The summed E-state index contributed by atoms with van der Waals surface area (Å²) in [6.45, 7) is 2.88. The molecule has 1 rings (SSSR count). The Bertz CT molecular complexity index is 216. The fourth-order valence-corrected chi connectivity index (χ4v) is 0.877. The Morgan fingerprint density at radius 3 is 2.21 bits per heavy atom. The van der Waals surface area contributed by atoms with Gasteiger partial charge in [-0.1, -0.05) is 28.2 Å². The molecule has 0 aliphatic rings. The van der Waals surface area contributed by atoms with Crippen LogP contribution in [0.3, 0.4) is 0 Å². The number of rotatable bonds is 4. The molecule has 0 atom stereocenters. The number of hydrogen-bond acceptors (Lipinski definition) is 2. The van der Waals surface area contributed by atoms with Crippen LogP contribution in [0.5, 0.6) is 11.5 Å². The summed E-state index contributed by atoms with van der Waals surface area (Å²) < 4.78 is 5.39. The van der Waals surface area contributed by atoms with E-state index < -0.39 is 0 Å². The molecule has 0 bridgehead atoms. The maximum Gasteiger partial charge on any atom is 0.119 e. The molecule has 0 aromatic heterocycles. The Morgan fingerprint density at radius 1 is 1.14 bits per heavy atom. The van der Waals surface area contributed by atoms with E-state index in [1.54, 1.807) is 24.3 Å². The van der Waals surface area contributed by atoms with Crippen molar-refractivity contribution in [1.82, 2.24) is 0 Å². The lowest BCUT2D eigenvalue weighted by Crippen LogP contribution is -1.95. The van der Waals surface area contributed by atoms with Crippen molar-refractivity contribution in [2.45, 2.75) is 34.6 Å². The zero-order valence-corrected chi connectivity index (χ0v) is 7.29. The minimum atomic E-state index is 0. The lowest BCUT2D eigenvalue weighted by Gasteiger charge is -2.04. The maximum atomic E-state index is 8.97. The normalized spacial score (nSPS) is 8.36. The molecular weight excluding hydrogens is 176 g/mol. The van der Waals surface area contributed by atoms with Gasteiger partial charge in [-0.15, -0.1) is 0 Å². The first kappa shape index (κ1) is 15.3. The monoisotopic (exact) mass is 198 g/mol. The highest BCUT2D eigenvalue weighted by Crippen LogP contribution is 2.15. The van der Waals surface area contributed by atoms with E-state index in [2.05, 4.69) is 6.92 Å². The van der Waals surface area contributed by atoms with Gasteiger partial charge in [-0.25, -0.2) is 0 Å². The highest BCUT2D eigenvalue weighted by molar-refractivity contribution is 5.29. The second-order valence-electron chi connectivity index (χ2n) is 2.70. The van der Waals surface area contributed by atoms with Crippen LogP contribution in [0.1, 0.15) is 34.6 Å². The van der Waals surface area contributed by atoms with E-state index in [0.717, 1.165) is 25.2 Å². The SMILES string of the molecule is C.C.CCCCOc1ccc(O)cc1. The van der Waals surface area contributed by atoms with E-state index in [0.29, 0.717) is 0 Å². The zero-order valence-electron chi connectivity index (χ0n) is 7.29. The van der Waals surface area contributed by atoms with Gasteiger partial charge in [0, 0.05) is 0 Å². The predicted molar refractivity (Wildman–Crippen MR) is 62.0 cm³/mol. The summed E-state index contributed by atoms with van der Waals surface area (Å²) in [5.41, 5.74) is 0. The first-order valence-electron chi connectivity index (χ1n) is 4.24. The summed E-state index contributed by atoms with van der Waals surface area (Å²) in [6.07, 6.45) is 2.21. The van der Waals surface area contributed by atoms with Gasteiger partial charge in [0.05, 0.1) is 6.61 Å². The molecule has 0 unspecified atom stereocenters. The Morgan fingerprint density at radius 2 is 1.71 bits per heavy atom. The third-order valence-electron chi connectivity index (χ3n) is 1.60. The van der Waals surface area contributed by atoms with Crippen molar-refractivity contribution in [2.24, 2.45) is 0 Å². The number of hydrogen-bond donors (Lipinski definition) is 1. The Kier molecular flexibility index (Phi) is 9.20. The third-order valence-corrected chi connectivity index (χ3v) is 1.60. The van der Waals surface area contributed by atoms with Crippen LogP contribution in [0, 0.1) is 0 Å². The summed E-state index contributed by atoms with van der Waals surface area (Å²) in [5.74, 6) is 1.10. The molecule has 1 N–H and O–H groups in total. The summed E-state index contributed by atoms with van der Waals surface area (Å²) in [7, 11) is 0. The van der Waals surface area contributed by atoms with E-state index in [4.69, 9.17) is 9.84 Å². The second-order valence-corrected chi connectivity index (χ2v) is 2.70. The van der Waals surface area contributed by atoms with Gasteiger partial charge in [0.15, 0.2) is 0 Å². The average Bonchev–Trinajstić information content (AvgIpc) is 2.09. The molecule has 14 heavy (non-hydrogen) atoms. The van der Waals surface area contributed by atoms with Crippen molar-refractivity contribution in [3.05, 3.63) is 24.3 Å². The highest BCUT2D eigenvalue weighted by Gasteiger charge is 1.92. The maximum absolute atomic E-state index is 8.97. The lowest BCUT2D eigenvalue weighted by atomic mass is 10.3. The van der Waals surface area contributed by atoms with E-state index in [9.17, 15) is 0 Å². The van der Waals surface area contributed by atoms with Crippen molar-refractivity contribution < 1.29 is 9.84 Å². The highest BCUT2D eigenvalue weighted by atomic mass is 16.5. The molecule has 0 aliphatic heterocycles. The zero-order chi connectivity index (χ0) is 8.81. The standard InChI is InChI=1S/C10H14O2.2CH4/c1-2-3-8-12-10-6-4-9(11)5-7-10;;/h4-7,11H,2-3,8H2,1H3;2*1H4.